The van der Waals surface area contributed by atoms with Gasteiger partial charge in [-0.3, -0.25) is 14.2 Å². The zero-order valence-electron chi connectivity index (χ0n) is 17.8. The number of aryl methyl sites for hydroxylation is 2. The maximum atomic E-state index is 13.5. The molecule has 0 bridgehead atoms. The number of hydrogen-bond donors (Lipinski definition) is 0. The largest absolute Gasteiger partial charge is 0.315 e. The van der Waals surface area contributed by atoms with Gasteiger partial charge in [0.1, 0.15) is 4.83 Å². The first kappa shape index (κ1) is 21.3. The second-order valence-electron chi connectivity index (χ2n) is 7.33. The minimum Gasteiger partial charge on any atom is -0.315 e. The highest BCUT2D eigenvalue weighted by Gasteiger charge is 2.24. The number of carbonyl (C=O) groups excluding carboxylic acids is 1. The third-order valence-electron chi connectivity index (χ3n) is 5.29. The number of rotatable bonds is 5. The van der Waals surface area contributed by atoms with Crippen LogP contribution in [0.2, 0.25) is 0 Å². The highest BCUT2D eigenvalue weighted by atomic mass is 32.2. The number of para-hydroxylation sites is 2. The summed E-state index contributed by atoms with van der Waals surface area (Å²) in [7, 11) is 1.77. The summed E-state index contributed by atoms with van der Waals surface area (Å²) in [6.07, 6.45) is 0. The monoisotopic (exact) mass is 449 g/mol. The zero-order valence-corrected chi connectivity index (χ0v) is 19.5. The summed E-state index contributed by atoms with van der Waals surface area (Å²) < 4.78 is 1.62. The molecule has 5 nitrogen and oxygen atoms in total. The van der Waals surface area contributed by atoms with Crippen LogP contribution in [-0.4, -0.2) is 27.8 Å². The van der Waals surface area contributed by atoms with Crippen molar-refractivity contribution in [2.45, 2.75) is 31.2 Å². The van der Waals surface area contributed by atoms with Crippen LogP contribution in [0.3, 0.4) is 0 Å². The number of thiophene rings is 1. The maximum absolute atomic E-state index is 13.5. The second kappa shape index (κ2) is 8.69. The Balaban J connectivity index is 1.78. The molecule has 0 saturated heterocycles. The lowest BCUT2D eigenvalue weighted by molar-refractivity contribution is -0.117. The molecule has 0 aliphatic heterocycles. The molecule has 1 amide bonds. The molecule has 2 aromatic heterocycles. The summed E-state index contributed by atoms with van der Waals surface area (Å²) in [6, 6.07) is 19.0. The van der Waals surface area contributed by atoms with E-state index < -0.39 is 5.25 Å². The van der Waals surface area contributed by atoms with Crippen molar-refractivity contribution in [2.75, 3.05) is 11.9 Å². The number of fused-ring (bicyclic) bond motifs is 1. The minimum atomic E-state index is -0.424. The summed E-state index contributed by atoms with van der Waals surface area (Å²) in [6.45, 7) is 5.81. The van der Waals surface area contributed by atoms with Crippen molar-refractivity contribution in [3.05, 3.63) is 81.5 Å². The highest BCUT2D eigenvalue weighted by Crippen LogP contribution is 2.31. The Morgan fingerprint density at radius 1 is 1.06 bits per heavy atom. The fraction of sp³-hybridized carbons (Fsp3) is 0.208. The molecular formula is C24H23N3O2S2. The second-order valence-corrected chi connectivity index (χ2v) is 9.84. The molecule has 0 saturated carbocycles. The normalized spacial score (nSPS) is 12.1. The molecule has 1 unspecified atom stereocenters. The summed E-state index contributed by atoms with van der Waals surface area (Å²) in [4.78, 5) is 34.9. The molecule has 7 heteroatoms. The van der Waals surface area contributed by atoms with Gasteiger partial charge in [-0.1, -0.05) is 48.2 Å². The SMILES string of the molecule is Cc1sc2nc(SC(C)C(=O)N(C)c3ccccc3)n(-c3ccccc3)c(=O)c2c1C. The Labute approximate surface area is 189 Å². The zero-order chi connectivity index (χ0) is 22.1. The summed E-state index contributed by atoms with van der Waals surface area (Å²) in [5.74, 6) is -0.0521. The molecule has 0 spiro atoms. The average molecular weight is 450 g/mol. The van der Waals surface area contributed by atoms with Gasteiger partial charge in [0.15, 0.2) is 5.16 Å². The van der Waals surface area contributed by atoms with Gasteiger partial charge in [0, 0.05) is 17.6 Å². The predicted octanol–water partition coefficient (Wildman–Crippen LogP) is 5.21. The van der Waals surface area contributed by atoms with Crippen LogP contribution in [-0.2, 0) is 4.79 Å². The van der Waals surface area contributed by atoms with Gasteiger partial charge in [0.05, 0.1) is 16.3 Å². The summed E-state index contributed by atoms with van der Waals surface area (Å²) >= 11 is 2.82. The van der Waals surface area contributed by atoms with Crippen LogP contribution in [0.5, 0.6) is 0 Å². The number of aromatic nitrogens is 2. The topological polar surface area (TPSA) is 55.2 Å². The molecule has 4 rings (SSSR count). The first-order chi connectivity index (χ1) is 14.9. The maximum Gasteiger partial charge on any atom is 0.267 e. The third-order valence-corrected chi connectivity index (χ3v) is 7.43. The molecule has 4 aromatic rings. The molecule has 2 heterocycles. The van der Waals surface area contributed by atoms with Crippen molar-refractivity contribution in [3.63, 3.8) is 0 Å². The van der Waals surface area contributed by atoms with Gasteiger partial charge in [-0.05, 0) is 50.6 Å². The Bertz CT molecular complexity index is 1300. The highest BCUT2D eigenvalue weighted by molar-refractivity contribution is 8.00. The van der Waals surface area contributed by atoms with E-state index in [9.17, 15) is 9.59 Å². The molecule has 158 valence electrons. The van der Waals surface area contributed by atoms with Crippen molar-refractivity contribution in [2.24, 2.45) is 0 Å². The van der Waals surface area contributed by atoms with E-state index in [1.165, 1.54) is 23.1 Å². The van der Waals surface area contributed by atoms with E-state index in [0.717, 1.165) is 21.8 Å². The molecule has 2 aromatic carbocycles. The number of nitrogens with zero attached hydrogens (tertiary/aromatic N) is 3. The predicted molar refractivity (Wildman–Crippen MR) is 130 cm³/mol. The molecular weight excluding hydrogens is 426 g/mol. The summed E-state index contributed by atoms with van der Waals surface area (Å²) in [5, 5.41) is 0.745. The lowest BCUT2D eigenvalue weighted by Gasteiger charge is -2.22. The summed E-state index contributed by atoms with van der Waals surface area (Å²) in [5.41, 5.74) is 2.43. The number of amides is 1. The van der Waals surface area contributed by atoms with E-state index in [0.29, 0.717) is 15.4 Å². The van der Waals surface area contributed by atoms with E-state index in [4.69, 9.17) is 4.98 Å². The number of carbonyl (C=O) groups is 1. The van der Waals surface area contributed by atoms with Gasteiger partial charge >= 0.3 is 0 Å². The van der Waals surface area contributed by atoms with Crippen LogP contribution in [0.15, 0.2) is 70.6 Å². The van der Waals surface area contributed by atoms with Gasteiger partial charge in [-0.25, -0.2) is 4.98 Å². The van der Waals surface area contributed by atoms with Gasteiger partial charge in [0.2, 0.25) is 5.91 Å². The van der Waals surface area contributed by atoms with Crippen molar-refractivity contribution < 1.29 is 4.79 Å². The van der Waals surface area contributed by atoms with Crippen molar-refractivity contribution in [1.29, 1.82) is 0 Å². The third kappa shape index (κ3) is 4.03. The van der Waals surface area contributed by atoms with Gasteiger partial charge < -0.3 is 4.90 Å². The molecule has 0 radical (unpaired) electrons. The Kier molecular flexibility index (Phi) is 5.98. The smallest absolute Gasteiger partial charge is 0.267 e. The van der Waals surface area contributed by atoms with Gasteiger partial charge in [-0.15, -0.1) is 11.3 Å². The molecule has 1 atom stereocenters. The average Bonchev–Trinajstić information content (AvgIpc) is 3.07. The Morgan fingerprint density at radius 2 is 1.68 bits per heavy atom. The van der Waals surface area contributed by atoms with E-state index in [-0.39, 0.29) is 11.5 Å². The molecule has 31 heavy (non-hydrogen) atoms. The Hall–Kier alpha value is -2.90. The quantitative estimate of drug-likeness (QED) is 0.310. The van der Waals surface area contributed by atoms with E-state index in [1.54, 1.807) is 16.5 Å². The molecule has 0 aliphatic rings. The van der Waals surface area contributed by atoms with E-state index >= 15 is 0 Å². The fourth-order valence-corrected chi connectivity index (χ4v) is 5.51. The van der Waals surface area contributed by atoms with Crippen LogP contribution in [0.25, 0.3) is 15.9 Å². The minimum absolute atomic E-state index is 0.0521. The van der Waals surface area contributed by atoms with Crippen molar-refractivity contribution >= 4 is 44.9 Å². The number of benzene rings is 2. The molecule has 0 fully saturated rings. The van der Waals surface area contributed by atoms with Crippen LogP contribution < -0.4 is 10.5 Å². The fourth-order valence-electron chi connectivity index (χ4n) is 3.42. The lowest BCUT2D eigenvalue weighted by atomic mass is 10.2. The van der Waals surface area contributed by atoms with Crippen molar-refractivity contribution in [3.8, 4) is 5.69 Å². The van der Waals surface area contributed by atoms with Crippen LogP contribution >= 0.6 is 23.1 Å². The lowest BCUT2D eigenvalue weighted by Crippen LogP contribution is -2.33. The van der Waals surface area contributed by atoms with Crippen LogP contribution in [0.1, 0.15) is 17.4 Å². The number of anilines is 1. The molecule has 0 N–H and O–H groups in total. The first-order valence-corrected chi connectivity index (χ1v) is 11.7. The van der Waals surface area contributed by atoms with Gasteiger partial charge in [-0.2, -0.15) is 0 Å². The van der Waals surface area contributed by atoms with Crippen LogP contribution in [0.4, 0.5) is 5.69 Å². The van der Waals surface area contributed by atoms with E-state index in [2.05, 4.69) is 0 Å². The number of hydrogen-bond acceptors (Lipinski definition) is 5. The van der Waals surface area contributed by atoms with E-state index in [1.807, 2.05) is 81.4 Å². The Morgan fingerprint density at radius 3 is 2.32 bits per heavy atom. The van der Waals surface area contributed by atoms with Crippen molar-refractivity contribution in [1.82, 2.24) is 9.55 Å². The first-order valence-electron chi connectivity index (χ1n) is 9.96. The number of thioether (sulfide) groups is 1. The van der Waals surface area contributed by atoms with Crippen LogP contribution in [0, 0.1) is 13.8 Å². The van der Waals surface area contributed by atoms with Gasteiger partial charge in [0.25, 0.3) is 5.56 Å². The standard InChI is InChI=1S/C24H23N3O2S2/c1-15-16(2)30-21-20(15)23(29)27(19-13-9-6-10-14-19)24(25-21)31-17(3)22(28)26(4)18-11-7-5-8-12-18/h5-14,17H,1-4H3. The molecule has 0 aliphatic carbocycles.